The summed E-state index contributed by atoms with van der Waals surface area (Å²) in [7, 11) is 1.98. The highest BCUT2D eigenvalue weighted by Crippen LogP contribution is 2.45. The summed E-state index contributed by atoms with van der Waals surface area (Å²) in [5.41, 5.74) is 2.88. The molecule has 0 saturated heterocycles. The van der Waals surface area contributed by atoms with E-state index in [1.165, 1.54) is 0 Å². The zero-order valence-electron chi connectivity index (χ0n) is 24.0. The van der Waals surface area contributed by atoms with Gasteiger partial charge in [-0.05, 0) is 42.5 Å². The molecule has 0 unspecified atom stereocenters. The van der Waals surface area contributed by atoms with E-state index in [-0.39, 0.29) is 12.0 Å². The standard InChI is InChI=1S/C32H37ClN4O4S/c1-4-5-12-26(28(38)29(39)35-22(2)23-10-7-6-8-11-23)36-31(40)41-20-32(17-9-18-32)21-42-30-34-19-27(37(30)3)24-13-15-25(33)16-14-24/h6-8,10-11,13-16,19,26H,2,4-5,9,12,17-18,20-21H2,1,3H3,(H,35,39)(H,36,40)/t26-/m0/s1. The number of hydrogen-bond donors (Lipinski definition) is 2. The number of amides is 2. The van der Waals surface area contributed by atoms with Gasteiger partial charge >= 0.3 is 6.09 Å². The minimum absolute atomic E-state index is 0.165. The molecule has 3 aromatic rings. The largest absolute Gasteiger partial charge is 0.449 e. The molecular weight excluding hydrogens is 572 g/mol. The molecule has 10 heteroatoms. The highest BCUT2D eigenvalue weighted by Gasteiger charge is 2.39. The number of aromatic nitrogens is 2. The van der Waals surface area contributed by atoms with Gasteiger partial charge in [0.2, 0.25) is 5.78 Å². The Bertz CT molecular complexity index is 1400. The number of nitrogens with zero attached hydrogens (tertiary/aromatic N) is 2. The molecule has 42 heavy (non-hydrogen) atoms. The van der Waals surface area contributed by atoms with Crippen LogP contribution in [-0.2, 0) is 21.4 Å². The van der Waals surface area contributed by atoms with Gasteiger partial charge in [0.05, 0.1) is 18.5 Å². The van der Waals surface area contributed by atoms with Gasteiger partial charge in [0.1, 0.15) is 6.04 Å². The van der Waals surface area contributed by atoms with Gasteiger partial charge in [-0.25, -0.2) is 9.78 Å². The van der Waals surface area contributed by atoms with Crippen molar-refractivity contribution >= 4 is 46.8 Å². The topological polar surface area (TPSA) is 102 Å². The van der Waals surface area contributed by atoms with Gasteiger partial charge in [-0.15, -0.1) is 0 Å². The molecule has 2 aromatic carbocycles. The molecule has 2 amide bonds. The quantitative estimate of drug-likeness (QED) is 0.157. The van der Waals surface area contributed by atoms with Crippen molar-refractivity contribution in [3.05, 3.63) is 78.0 Å². The number of thioether (sulfide) groups is 1. The molecule has 1 atom stereocenters. The van der Waals surface area contributed by atoms with Crippen LogP contribution in [0.1, 0.15) is 51.0 Å². The minimum Gasteiger partial charge on any atom is -0.449 e. The van der Waals surface area contributed by atoms with Crippen LogP contribution in [0, 0.1) is 5.41 Å². The average molecular weight is 609 g/mol. The van der Waals surface area contributed by atoms with Crippen molar-refractivity contribution in [2.24, 2.45) is 12.5 Å². The van der Waals surface area contributed by atoms with Crippen LogP contribution in [-0.4, -0.2) is 45.7 Å². The Hall–Kier alpha value is -3.56. The van der Waals surface area contributed by atoms with Crippen LogP contribution in [0.25, 0.3) is 17.0 Å². The number of hydrogen-bond acceptors (Lipinski definition) is 6. The normalized spacial score (nSPS) is 14.4. The van der Waals surface area contributed by atoms with Crippen molar-refractivity contribution in [3.8, 4) is 11.3 Å². The van der Waals surface area contributed by atoms with E-state index in [1.807, 2.05) is 62.6 Å². The molecule has 0 aliphatic heterocycles. The molecule has 1 saturated carbocycles. The molecule has 222 valence electrons. The SMILES string of the molecule is C=C(NC(=O)C(=O)[C@H](CCCC)NC(=O)OCC1(CSc2ncc(-c3ccc(Cl)cc3)n2C)CCC1)c1ccccc1. The number of ether oxygens (including phenoxy) is 1. The number of ketones is 1. The van der Waals surface area contributed by atoms with Crippen molar-refractivity contribution in [2.75, 3.05) is 12.4 Å². The second kappa shape index (κ2) is 14.6. The van der Waals surface area contributed by atoms with Gasteiger partial charge < -0.3 is 19.9 Å². The molecule has 2 N–H and O–H groups in total. The number of unbranched alkanes of at least 4 members (excludes halogenated alkanes) is 1. The number of benzene rings is 2. The van der Waals surface area contributed by atoms with Crippen molar-refractivity contribution in [2.45, 2.75) is 56.6 Å². The smallest absolute Gasteiger partial charge is 0.407 e. The molecule has 0 spiro atoms. The predicted molar refractivity (Wildman–Crippen MR) is 167 cm³/mol. The minimum atomic E-state index is -0.980. The lowest BCUT2D eigenvalue weighted by atomic mass is 9.71. The summed E-state index contributed by atoms with van der Waals surface area (Å²) in [5.74, 6) is -0.796. The first-order valence-electron chi connectivity index (χ1n) is 14.1. The maximum absolute atomic E-state index is 13.0. The number of alkyl carbamates (subject to hydrolysis) is 1. The highest BCUT2D eigenvalue weighted by atomic mass is 35.5. The zero-order valence-corrected chi connectivity index (χ0v) is 25.6. The lowest BCUT2D eigenvalue weighted by molar-refractivity contribution is -0.138. The molecule has 1 aliphatic rings. The van der Waals surface area contributed by atoms with E-state index in [9.17, 15) is 14.4 Å². The van der Waals surface area contributed by atoms with E-state index in [1.54, 1.807) is 23.9 Å². The van der Waals surface area contributed by atoms with E-state index >= 15 is 0 Å². The number of Topliss-reactive ketones (excluding diaryl/α,β-unsaturated/α-hetero) is 1. The third kappa shape index (κ3) is 8.04. The number of carbonyl (C=O) groups excluding carboxylic acids is 3. The maximum Gasteiger partial charge on any atom is 0.407 e. The van der Waals surface area contributed by atoms with Crippen LogP contribution >= 0.6 is 23.4 Å². The van der Waals surface area contributed by atoms with E-state index < -0.39 is 23.8 Å². The van der Waals surface area contributed by atoms with Crippen LogP contribution < -0.4 is 10.6 Å². The molecule has 1 heterocycles. The Morgan fingerprint density at radius 3 is 2.50 bits per heavy atom. The second-order valence-corrected chi connectivity index (χ2v) is 12.1. The van der Waals surface area contributed by atoms with E-state index in [0.717, 1.165) is 47.8 Å². The summed E-state index contributed by atoms with van der Waals surface area (Å²) in [5, 5.41) is 6.76. The van der Waals surface area contributed by atoms with Crippen molar-refractivity contribution in [1.82, 2.24) is 20.2 Å². The van der Waals surface area contributed by atoms with Gasteiger partial charge in [0, 0.05) is 28.9 Å². The van der Waals surface area contributed by atoms with Crippen LogP contribution in [0.3, 0.4) is 0 Å². The number of halogens is 1. The number of rotatable bonds is 14. The van der Waals surface area contributed by atoms with Crippen LogP contribution in [0.15, 0.2) is 72.5 Å². The fraction of sp³-hybridized carbons (Fsp3) is 0.375. The Kier molecular flexibility index (Phi) is 10.9. The second-order valence-electron chi connectivity index (χ2n) is 10.7. The van der Waals surface area contributed by atoms with Gasteiger partial charge in [-0.3, -0.25) is 9.59 Å². The Balaban J connectivity index is 1.31. The summed E-state index contributed by atoms with van der Waals surface area (Å²) in [4.78, 5) is 43.1. The van der Waals surface area contributed by atoms with E-state index in [2.05, 4.69) is 26.8 Å². The Morgan fingerprint density at radius 1 is 1.14 bits per heavy atom. The van der Waals surface area contributed by atoms with Crippen LogP contribution in [0.2, 0.25) is 5.02 Å². The van der Waals surface area contributed by atoms with Gasteiger partial charge in [0.25, 0.3) is 5.91 Å². The number of imidazole rings is 1. The maximum atomic E-state index is 13.0. The molecule has 1 fully saturated rings. The van der Waals surface area contributed by atoms with Crippen molar-refractivity contribution in [1.29, 1.82) is 0 Å². The molecule has 0 radical (unpaired) electrons. The first-order chi connectivity index (χ1) is 20.2. The van der Waals surface area contributed by atoms with Crippen LogP contribution in [0.4, 0.5) is 4.79 Å². The third-order valence-corrected chi connectivity index (χ3v) is 9.23. The first kappa shape index (κ1) is 31.4. The third-order valence-electron chi connectivity index (χ3n) is 7.58. The Labute approximate surface area is 256 Å². The van der Waals surface area contributed by atoms with Gasteiger partial charge in [0.15, 0.2) is 5.16 Å². The molecule has 0 bridgehead atoms. The van der Waals surface area contributed by atoms with Gasteiger partial charge in [-0.2, -0.15) is 0 Å². The lowest BCUT2D eigenvalue weighted by Crippen LogP contribution is -2.48. The molecule has 8 nitrogen and oxygen atoms in total. The summed E-state index contributed by atoms with van der Waals surface area (Å²) in [6, 6.07) is 15.7. The van der Waals surface area contributed by atoms with Crippen LogP contribution in [0.5, 0.6) is 0 Å². The molecule has 1 aliphatic carbocycles. The number of carbonyl (C=O) groups is 3. The summed E-state index contributed by atoms with van der Waals surface area (Å²) in [6.45, 7) is 6.07. The van der Waals surface area contributed by atoms with Crippen molar-refractivity contribution < 1.29 is 19.1 Å². The predicted octanol–water partition coefficient (Wildman–Crippen LogP) is 6.64. The summed E-state index contributed by atoms with van der Waals surface area (Å²) >= 11 is 7.67. The average Bonchev–Trinajstić information content (AvgIpc) is 3.34. The van der Waals surface area contributed by atoms with Gasteiger partial charge in [-0.1, -0.05) is 98.6 Å². The fourth-order valence-electron chi connectivity index (χ4n) is 4.79. The molecule has 4 rings (SSSR count). The molecule has 1 aromatic heterocycles. The molecular formula is C32H37ClN4O4S. The zero-order chi connectivity index (χ0) is 30.1. The number of nitrogens with one attached hydrogen (secondary N) is 2. The monoisotopic (exact) mass is 608 g/mol. The fourth-order valence-corrected chi connectivity index (χ4v) is 6.14. The Morgan fingerprint density at radius 2 is 1.86 bits per heavy atom. The summed E-state index contributed by atoms with van der Waals surface area (Å²) < 4.78 is 7.69. The van der Waals surface area contributed by atoms with E-state index in [0.29, 0.717) is 29.1 Å². The highest BCUT2D eigenvalue weighted by molar-refractivity contribution is 7.99. The first-order valence-corrected chi connectivity index (χ1v) is 15.5. The van der Waals surface area contributed by atoms with E-state index in [4.69, 9.17) is 16.3 Å². The van der Waals surface area contributed by atoms with Crippen molar-refractivity contribution in [3.63, 3.8) is 0 Å². The lowest BCUT2D eigenvalue weighted by Gasteiger charge is -2.40. The summed E-state index contributed by atoms with van der Waals surface area (Å²) in [6.07, 6.45) is 5.90.